The van der Waals surface area contributed by atoms with E-state index in [-0.39, 0.29) is 43.8 Å². The summed E-state index contributed by atoms with van der Waals surface area (Å²) in [5.74, 6) is -2.44. The summed E-state index contributed by atoms with van der Waals surface area (Å²) in [6.45, 7) is 0. The molecule has 0 saturated heterocycles. The Kier molecular flexibility index (Phi) is 7.76. The molecule has 0 saturated carbocycles. The fraction of sp³-hybridized carbons (Fsp3) is 0.0417. The van der Waals surface area contributed by atoms with Crippen molar-refractivity contribution in [3.63, 3.8) is 0 Å². The lowest BCUT2D eigenvalue weighted by atomic mass is 10.1. The quantitative estimate of drug-likeness (QED) is 0.257. The van der Waals surface area contributed by atoms with Gasteiger partial charge in [-0.3, -0.25) is 4.79 Å². The number of methoxy groups -OCH3 is 1. The van der Waals surface area contributed by atoms with E-state index in [9.17, 15) is 28.4 Å². The predicted octanol–water partition coefficient (Wildman–Crippen LogP) is 4.36. The molecule has 0 aromatic heterocycles. The summed E-state index contributed by atoms with van der Waals surface area (Å²) in [5.41, 5.74) is -0.274. The first-order chi connectivity index (χ1) is 16.7. The average molecular weight is 513 g/mol. The smallest absolute Gasteiger partial charge is 0.339 e. The van der Waals surface area contributed by atoms with E-state index < -0.39 is 22.0 Å². The molecule has 178 valence electrons. The molecule has 0 heterocycles. The van der Waals surface area contributed by atoms with Crippen LogP contribution in [0.5, 0.6) is 11.5 Å². The Hall–Kier alpha value is -4.33. The summed E-state index contributed by atoms with van der Waals surface area (Å²) in [6, 6.07) is 17.5. The molecule has 2 N–H and O–H groups in total. The minimum Gasteiger partial charge on any atom is -0.493 e. The van der Waals surface area contributed by atoms with Gasteiger partial charge in [-0.1, -0.05) is 41.9 Å². The summed E-state index contributed by atoms with van der Waals surface area (Å²) in [7, 11) is -2.95. The molecule has 9 nitrogen and oxygen atoms in total. The van der Waals surface area contributed by atoms with E-state index in [1.807, 2.05) is 0 Å². The van der Waals surface area contributed by atoms with E-state index in [1.165, 1.54) is 73.8 Å². The third kappa shape index (κ3) is 5.97. The number of carboxylic acids is 1. The second-order valence-electron chi connectivity index (χ2n) is 6.86. The first kappa shape index (κ1) is 25.3. The van der Waals surface area contributed by atoms with Gasteiger partial charge >= 0.3 is 16.1 Å². The molecule has 0 fully saturated rings. The number of benzene rings is 3. The highest BCUT2D eigenvalue weighted by Gasteiger charge is 2.22. The largest absolute Gasteiger partial charge is 0.493 e. The van der Waals surface area contributed by atoms with Crippen LogP contribution in [-0.4, -0.2) is 32.5 Å². The van der Waals surface area contributed by atoms with E-state index in [2.05, 4.69) is 5.32 Å². The summed E-state index contributed by atoms with van der Waals surface area (Å²) < 4.78 is 35.6. The number of anilines is 1. The number of hydrogen-bond acceptors (Lipinski definition) is 7. The Labute approximate surface area is 205 Å². The van der Waals surface area contributed by atoms with Crippen molar-refractivity contribution in [2.24, 2.45) is 0 Å². The van der Waals surface area contributed by atoms with Gasteiger partial charge in [0.15, 0.2) is 5.75 Å². The Morgan fingerprint density at radius 3 is 2.37 bits per heavy atom. The maximum Gasteiger partial charge on any atom is 0.339 e. The van der Waals surface area contributed by atoms with Gasteiger partial charge in [0, 0.05) is 0 Å². The number of carbonyl (C=O) groups is 2. The number of aromatic carboxylic acids is 1. The van der Waals surface area contributed by atoms with Crippen LogP contribution in [0.4, 0.5) is 5.69 Å². The number of amides is 1. The zero-order valence-corrected chi connectivity index (χ0v) is 19.6. The van der Waals surface area contributed by atoms with E-state index in [1.54, 1.807) is 12.1 Å². The second kappa shape index (κ2) is 10.7. The van der Waals surface area contributed by atoms with Crippen LogP contribution >= 0.6 is 11.6 Å². The molecule has 1 amide bonds. The van der Waals surface area contributed by atoms with Crippen LogP contribution in [0.25, 0.3) is 6.08 Å². The van der Waals surface area contributed by atoms with Crippen LogP contribution in [0.1, 0.15) is 15.9 Å². The Morgan fingerprint density at radius 1 is 1.09 bits per heavy atom. The fourth-order valence-corrected chi connectivity index (χ4v) is 4.21. The van der Waals surface area contributed by atoms with Crippen molar-refractivity contribution in [2.75, 3.05) is 12.4 Å². The third-order valence-corrected chi connectivity index (χ3v) is 6.07. The zero-order chi connectivity index (χ0) is 25.6. The number of nitrogens with one attached hydrogen (secondary N) is 1. The van der Waals surface area contributed by atoms with Gasteiger partial charge in [0.05, 0.1) is 23.4 Å². The van der Waals surface area contributed by atoms with E-state index in [0.29, 0.717) is 0 Å². The van der Waals surface area contributed by atoms with E-state index >= 15 is 0 Å². The highest BCUT2D eigenvalue weighted by molar-refractivity contribution is 7.87. The van der Waals surface area contributed by atoms with Crippen molar-refractivity contribution in [3.8, 4) is 17.6 Å². The molecular formula is C24H17ClN2O7S. The molecule has 3 aromatic carbocycles. The van der Waals surface area contributed by atoms with Crippen molar-refractivity contribution in [2.45, 2.75) is 4.90 Å². The summed E-state index contributed by atoms with van der Waals surface area (Å²) in [4.78, 5) is 23.9. The van der Waals surface area contributed by atoms with Gasteiger partial charge in [0.2, 0.25) is 5.75 Å². The standard InChI is InChI=1S/C24H17ClN2O7S/c1-33-21-13-15(12-19(25)22(21)34-35(31,32)17-7-3-2-4-8-17)11-16(14-26)23(28)27-20-10-6-5-9-18(20)24(29)30/h2-13H,1H3,(H,27,28)(H,29,30)/b16-11+. The highest BCUT2D eigenvalue weighted by atomic mass is 35.5. The third-order valence-electron chi connectivity index (χ3n) is 4.56. The van der Waals surface area contributed by atoms with Crippen LogP contribution in [0.3, 0.4) is 0 Å². The van der Waals surface area contributed by atoms with Gasteiger partial charge in [-0.25, -0.2) is 4.79 Å². The van der Waals surface area contributed by atoms with Gasteiger partial charge in [-0.2, -0.15) is 13.7 Å². The van der Waals surface area contributed by atoms with Crippen LogP contribution in [0.2, 0.25) is 5.02 Å². The molecule has 3 rings (SSSR count). The molecule has 3 aromatic rings. The van der Waals surface area contributed by atoms with Gasteiger partial charge in [0.1, 0.15) is 16.5 Å². The number of nitriles is 1. The molecule has 0 atom stereocenters. The average Bonchev–Trinajstić information content (AvgIpc) is 2.84. The van der Waals surface area contributed by atoms with Crippen LogP contribution in [0.15, 0.2) is 77.2 Å². The topological polar surface area (TPSA) is 143 Å². The summed E-state index contributed by atoms with van der Waals surface area (Å²) in [5, 5.41) is 21.0. The van der Waals surface area contributed by atoms with Crippen LogP contribution in [0, 0.1) is 11.3 Å². The van der Waals surface area contributed by atoms with Gasteiger partial charge in [-0.05, 0) is 48.0 Å². The predicted molar refractivity (Wildman–Crippen MR) is 128 cm³/mol. The Morgan fingerprint density at radius 2 is 1.74 bits per heavy atom. The van der Waals surface area contributed by atoms with Crippen molar-refractivity contribution in [1.82, 2.24) is 0 Å². The molecule has 0 aliphatic rings. The Balaban J connectivity index is 1.93. The molecule has 35 heavy (non-hydrogen) atoms. The number of carboxylic acid groups (broad SMARTS) is 1. The first-order valence-electron chi connectivity index (χ1n) is 9.79. The lowest BCUT2D eigenvalue weighted by Gasteiger charge is -2.13. The Bertz CT molecular complexity index is 1460. The van der Waals surface area contributed by atoms with Gasteiger partial charge in [0.25, 0.3) is 5.91 Å². The first-order valence-corrected chi connectivity index (χ1v) is 11.6. The summed E-state index contributed by atoms with van der Waals surface area (Å²) in [6.07, 6.45) is 1.18. The van der Waals surface area contributed by atoms with Crippen molar-refractivity contribution in [3.05, 3.63) is 88.5 Å². The van der Waals surface area contributed by atoms with Crippen molar-refractivity contribution >= 4 is 45.4 Å². The molecule has 0 aliphatic carbocycles. The molecule has 0 spiro atoms. The second-order valence-corrected chi connectivity index (χ2v) is 8.81. The minimum absolute atomic E-state index is 0.0108. The van der Waals surface area contributed by atoms with E-state index in [0.717, 1.165) is 0 Å². The molecule has 0 bridgehead atoms. The number of carbonyl (C=O) groups excluding carboxylic acids is 1. The van der Waals surface area contributed by atoms with Crippen LogP contribution < -0.4 is 14.2 Å². The van der Waals surface area contributed by atoms with Crippen LogP contribution in [-0.2, 0) is 14.9 Å². The number of para-hydroxylation sites is 1. The fourth-order valence-electron chi connectivity index (χ4n) is 2.93. The lowest BCUT2D eigenvalue weighted by molar-refractivity contribution is -0.112. The molecule has 0 aliphatic heterocycles. The monoisotopic (exact) mass is 512 g/mol. The normalized spacial score (nSPS) is 11.3. The van der Waals surface area contributed by atoms with Gasteiger partial charge in [-0.15, -0.1) is 0 Å². The van der Waals surface area contributed by atoms with Crippen molar-refractivity contribution in [1.29, 1.82) is 5.26 Å². The molecule has 0 radical (unpaired) electrons. The molecule has 0 unspecified atom stereocenters. The maximum absolute atomic E-state index is 12.6. The SMILES string of the molecule is COc1cc(/C=C(\C#N)C(=O)Nc2ccccc2C(=O)O)cc(Cl)c1OS(=O)(=O)c1ccccc1. The van der Waals surface area contributed by atoms with Gasteiger partial charge < -0.3 is 19.3 Å². The highest BCUT2D eigenvalue weighted by Crippen LogP contribution is 2.38. The number of hydrogen-bond donors (Lipinski definition) is 2. The van der Waals surface area contributed by atoms with Crippen molar-refractivity contribution < 1.29 is 32.0 Å². The number of nitrogens with zero attached hydrogens (tertiary/aromatic N) is 1. The number of ether oxygens (including phenoxy) is 1. The number of halogens is 1. The maximum atomic E-state index is 12.6. The molecular weight excluding hydrogens is 496 g/mol. The minimum atomic E-state index is -4.21. The zero-order valence-electron chi connectivity index (χ0n) is 18.1. The van der Waals surface area contributed by atoms with E-state index in [4.69, 9.17) is 20.5 Å². The lowest BCUT2D eigenvalue weighted by Crippen LogP contribution is -2.16. The molecule has 11 heteroatoms. The summed E-state index contributed by atoms with van der Waals surface area (Å²) >= 11 is 6.25. The number of rotatable bonds is 8.